The van der Waals surface area contributed by atoms with Gasteiger partial charge in [0.15, 0.2) is 0 Å². The summed E-state index contributed by atoms with van der Waals surface area (Å²) in [4.78, 5) is 0. The number of benzene rings is 1. The summed E-state index contributed by atoms with van der Waals surface area (Å²) in [5.41, 5.74) is 7.82. The molecular formula is C18H27N. The van der Waals surface area contributed by atoms with Crippen LogP contribution in [0.2, 0.25) is 0 Å². The van der Waals surface area contributed by atoms with Crippen LogP contribution in [-0.2, 0) is 0 Å². The van der Waals surface area contributed by atoms with E-state index in [1.807, 2.05) is 12.1 Å². The average Bonchev–Trinajstić information content (AvgIpc) is 2.60. The lowest BCUT2D eigenvalue weighted by Crippen LogP contribution is -2.10. The van der Waals surface area contributed by atoms with Gasteiger partial charge in [-0.25, -0.2) is 0 Å². The Hall–Kier alpha value is -1.24. The quantitative estimate of drug-likeness (QED) is 0.589. The van der Waals surface area contributed by atoms with Crippen LogP contribution < -0.4 is 5.73 Å². The number of hydrogen-bond donors (Lipinski definition) is 1. The van der Waals surface area contributed by atoms with Crippen LogP contribution in [-0.4, -0.2) is 0 Å². The maximum Gasteiger partial charge on any atom is 0.0314 e. The monoisotopic (exact) mass is 257 g/mol. The van der Waals surface area contributed by atoms with Crippen molar-refractivity contribution in [3.8, 4) is 0 Å². The van der Waals surface area contributed by atoms with Crippen molar-refractivity contribution in [2.45, 2.75) is 46.0 Å². The van der Waals surface area contributed by atoms with Crippen molar-refractivity contribution in [1.82, 2.24) is 0 Å². The predicted molar refractivity (Wildman–Crippen MR) is 84.8 cm³/mol. The molecule has 0 spiro atoms. The Bertz CT molecular complexity index is 404. The molecule has 1 aliphatic carbocycles. The van der Waals surface area contributed by atoms with Gasteiger partial charge in [0.05, 0.1) is 0 Å². The molecule has 1 aliphatic rings. The summed E-state index contributed by atoms with van der Waals surface area (Å²) in [5.74, 6) is 2.57. The van der Waals surface area contributed by atoms with Gasteiger partial charge in [0.1, 0.15) is 0 Å². The summed E-state index contributed by atoms with van der Waals surface area (Å²) in [6.45, 7) is 4.77. The van der Waals surface area contributed by atoms with E-state index in [-0.39, 0.29) is 0 Å². The van der Waals surface area contributed by atoms with E-state index < -0.39 is 0 Å². The Labute approximate surface area is 117 Å². The minimum absolute atomic E-state index is 0.757. The highest BCUT2D eigenvalue weighted by atomic mass is 14.5. The molecule has 0 radical (unpaired) electrons. The predicted octanol–water partition coefficient (Wildman–Crippen LogP) is 5.13. The molecule has 1 heteroatoms. The summed E-state index contributed by atoms with van der Waals surface area (Å²) in [6, 6.07) is 8.15. The van der Waals surface area contributed by atoms with E-state index in [1.165, 1.54) is 37.7 Å². The topological polar surface area (TPSA) is 26.0 Å². The third-order valence-corrected chi connectivity index (χ3v) is 4.67. The molecule has 0 aromatic heterocycles. The van der Waals surface area contributed by atoms with Crippen molar-refractivity contribution in [2.75, 3.05) is 5.73 Å². The Balaban J connectivity index is 1.99. The van der Waals surface area contributed by atoms with Gasteiger partial charge in [-0.15, -0.1) is 0 Å². The highest BCUT2D eigenvalue weighted by Crippen LogP contribution is 2.34. The van der Waals surface area contributed by atoms with Gasteiger partial charge in [-0.05, 0) is 48.3 Å². The number of nitrogen functional groups attached to an aromatic ring is 1. The van der Waals surface area contributed by atoms with Gasteiger partial charge in [-0.3, -0.25) is 0 Å². The van der Waals surface area contributed by atoms with E-state index in [9.17, 15) is 0 Å². The number of rotatable bonds is 3. The van der Waals surface area contributed by atoms with Crippen molar-refractivity contribution < 1.29 is 0 Å². The molecule has 1 aromatic carbocycles. The van der Waals surface area contributed by atoms with Crippen molar-refractivity contribution in [3.63, 3.8) is 0 Å². The van der Waals surface area contributed by atoms with Crippen LogP contribution in [0.3, 0.4) is 0 Å². The minimum Gasteiger partial charge on any atom is -0.399 e. The fraction of sp³-hybridized carbons (Fsp3) is 0.556. The molecule has 19 heavy (non-hydrogen) atoms. The van der Waals surface area contributed by atoms with Gasteiger partial charge in [0.2, 0.25) is 0 Å². The molecule has 1 nitrogen and oxygen atoms in total. The second-order valence-corrected chi connectivity index (χ2v) is 6.10. The smallest absolute Gasteiger partial charge is 0.0314 e. The fourth-order valence-corrected chi connectivity index (χ4v) is 3.27. The highest BCUT2D eigenvalue weighted by molar-refractivity contribution is 5.53. The first-order chi connectivity index (χ1) is 9.19. The first-order valence-corrected chi connectivity index (χ1v) is 7.72. The van der Waals surface area contributed by atoms with Crippen LogP contribution in [0.5, 0.6) is 0 Å². The molecule has 1 aromatic rings. The van der Waals surface area contributed by atoms with Crippen LogP contribution in [0.1, 0.15) is 51.5 Å². The highest BCUT2D eigenvalue weighted by Gasteiger charge is 2.22. The van der Waals surface area contributed by atoms with Gasteiger partial charge in [-0.2, -0.15) is 0 Å². The van der Waals surface area contributed by atoms with E-state index in [1.54, 1.807) is 0 Å². The fourth-order valence-electron chi connectivity index (χ4n) is 3.27. The maximum atomic E-state index is 5.71. The first-order valence-electron chi connectivity index (χ1n) is 7.72. The second-order valence-electron chi connectivity index (χ2n) is 6.10. The van der Waals surface area contributed by atoms with Crippen molar-refractivity contribution >= 4 is 11.8 Å². The van der Waals surface area contributed by atoms with E-state index in [0.29, 0.717) is 0 Å². The van der Waals surface area contributed by atoms with Crippen molar-refractivity contribution in [3.05, 3.63) is 35.9 Å². The maximum absolute atomic E-state index is 5.71. The van der Waals surface area contributed by atoms with E-state index >= 15 is 0 Å². The lowest BCUT2D eigenvalue weighted by molar-refractivity contribution is 0.313. The summed E-state index contributed by atoms with van der Waals surface area (Å²) in [6.07, 6.45) is 11.5. The van der Waals surface area contributed by atoms with Crippen LogP contribution in [0.4, 0.5) is 5.69 Å². The molecule has 0 heterocycles. The van der Waals surface area contributed by atoms with Gasteiger partial charge >= 0.3 is 0 Å². The Morgan fingerprint density at radius 1 is 1.21 bits per heavy atom. The Morgan fingerprint density at radius 3 is 2.63 bits per heavy atom. The Morgan fingerprint density at radius 2 is 1.95 bits per heavy atom. The summed E-state index contributed by atoms with van der Waals surface area (Å²) in [7, 11) is 0. The van der Waals surface area contributed by atoms with Crippen LogP contribution >= 0.6 is 0 Å². The van der Waals surface area contributed by atoms with E-state index in [4.69, 9.17) is 5.73 Å². The standard InChI is InChI=1S/C18H27N/c1-3-17-13-16(6-4-5-14(17)2)8-7-15-9-11-18(19)12-10-15/h7-12,14,16-17H,3-6,13,19H2,1-2H3/b8-7+/t14?,16?,17-/m0/s1. The molecular weight excluding hydrogens is 230 g/mol. The SMILES string of the molecule is CC[C@H]1CC(/C=C/c2ccc(N)cc2)CCCC1C. The molecule has 0 aliphatic heterocycles. The van der Waals surface area contributed by atoms with Gasteiger partial charge in [-0.1, -0.05) is 57.4 Å². The zero-order valence-electron chi connectivity index (χ0n) is 12.3. The second kappa shape index (κ2) is 6.79. The summed E-state index contributed by atoms with van der Waals surface area (Å²) >= 11 is 0. The third-order valence-electron chi connectivity index (χ3n) is 4.67. The number of nitrogens with two attached hydrogens (primary N) is 1. The molecule has 0 amide bonds. The number of anilines is 1. The van der Waals surface area contributed by atoms with Gasteiger partial charge in [0.25, 0.3) is 0 Å². The number of hydrogen-bond acceptors (Lipinski definition) is 1. The van der Waals surface area contributed by atoms with E-state index in [2.05, 4.69) is 38.1 Å². The molecule has 1 fully saturated rings. The minimum atomic E-state index is 0.757. The van der Waals surface area contributed by atoms with Crippen LogP contribution in [0.25, 0.3) is 6.08 Å². The van der Waals surface area contributed by atoms with Crippen LogP contribution in [0, 0.1) is 17.8 Å². The van der Waals surface area contributed by atoms with Crippen molar-refractivity contribution in [2.24, 2.45) is 17.8 Å². The first kappa shape index (κ1) is 14.2. The third kappa shape index (κ3) is 4.12. The zero-order chi connectivity index (χ0) is 13.7. The van der Waals surface area contributed by atoms with Gasteiger partial charge in [0, 0.05) is 5.69 Å². The number of allylic oxidation sites excluding steroid dienone is 1. The van der Waals surface area contributed by atoms with E-state index in [0.717, 1.165) is 23.4 Å². The largest absolute Gasteiger partial charge is 0.399 e. The summed E-state index contributed by atoms with van der Waals surface area (Å²) in [5, 5.41) is 0. The zero-order valence-corrected chi connectivity index (χ0v) is 12.3. The Kier molecular flexibility index (Phi) is 5.07. The molecule has 2 unspecified atom stereocenters. The molecule has 104 valence electrons. The lowest BCUT2D eigenvalue weighted by Gasteiger charge is -2.21. The molecule has 2 rings (SSSR count). The molecule has 3 atom stereocenters. The summed E-state index contributed by atoms with van der Waals surface area (Å²) < 4.78 is 0. The molecule has 0 bridgehead atoms. The lowest BCUT2D eigenvalue weighted by atomic mass is 9.85. The normalized spacial score (nSPS) is 28.4. The van der Waals surface area contributed by atoms with Gasteiger partial charge < -0.3 is 5.73 Å². The molecule has 1 saturated carbocycles. The average molecular weight is 257 g/mol. The van der Waals surface area contributed by atoms with Crippen LogP contribution in [0.15, 0.2) is 30.3 Å². The molecule has 2 N–H and O–H groups in total. The van der Waals surface area contributed by atoms with Crippen molar-refractivity contribution in [1.29, 1.82) is 0 Å². The molecule has 0 saturated heterocycles.